The third-order valence-electron chi connectivity index (χ3n) is 4.04. The van der Waals surface area contributed by atoms with Gasteiger partial charge in [0.2, 0.25) is 5.91 Å². The molecule has 0 spiro atoms. The summed E-state index contributed by atoms with van der Waals surface area (Å²) in [4.78, 5) is 30.5. The van der Waals surface area contributed by atoms with E-state index >= 15 is 0 Å². The number of rotatable bonds is 3. The van der Waals surface area contributed by atoms with Crippen LogP contribution in [0.15, 0.2) is 29.3 Å². The SMILES string of the molecule is Cc1sc2ncn(CC(=O)Nc3cc(C(F)(F)F)ccc3Cl)c(=O)c2c1C. The Bertz CT molecular complexity index is 1110. The van der Waals surface area contributed by atoms with E-state index in [0.717, 1.165) is 33.2 Å². The minimum absolute atomic E-state index is 0.0402. The Labute approximate surface area is 160 Å². The van der Waals surface area contributed by atoms with Crippen LogP contribution in [0, 0.1) is 13.8 Å². The molecular weight excluding hydrogens is 403 g/mol. The van der Waals surface area contributed by atoms with Gasteiger partial charge >= 0.3 is 6.18 Å². The van der Waals surface area contributed by atoms with Crippen LogP contribution in [-0.4, -0.2) is 15.5 Å². The maximum Gasteiger partial charge on any atom is 0.416 e. The van der Waals surface area contributed by atoms with Crippen LogP contribution >= 0.6 is 22.9 Å². The molecule has 1 amide bonds. The van der Waals surface area contributed by atoms with Crippen molar-refractivity contribution < 1.29 is 18.0 Å². The topological polar surface area (TPSA) is 64.0 Å². The van der Waals surface area contributed by atoms with Crippen LogP contribution in [0.1, 0.15) is 16.0 Å². The highest BCUT2D eigenvalue weighted by molar-refractivity contribution is 7.18. The summed E-state index contributed by atoms with van der Waals surface area (Å²) in [5, 5.41) is 2.71. The Morgan fingerprint density at radius 1 is 1.33 bits per heavy atom. The average molecular weight is 416 g/mol. The first kappa shape index (κ1) is 19.4. The number of thiophene rings is 1. The normalized spacial score (nSPS) is 11.8. The van der Waals surface area contributed by atoms with Crippen molar-refractivity contribution in [1.29, 1.82) is 0 Å². The molecule has 0 saturated heterocycles. The fraction of sp³-hybridized carbons (Fsp3) is 0.235. The summed E-state index contributed by atoms with van der Waals surface area (Å²) in [5.41, 5.74) is -0.705. The second-order valence-corrected chi connectivity index (χ2v) is 7.49. The van der Waals surface area contributed by atoms with E-state index in [0.29, 0.717) is 10.2 Å². The number of benzene rings is 1. The van der Waals surface area contributed by atoms with Crippen LogP contribution in [0.5, 0.6) is 0 Å². The molecule has 0 unspecified atom stereocenters. The molecule has 0 fully saturated rings. The first-order chi connectivity index (χ1) is 12.6. The van der Waals surface area contributed by atoms with E-state index in [1.807, 2.05) is 6.92 Å². The zero-order valence-electron chi connectivity index (χ0n) is 14.1. The molecular formula is C17H13ClF3N3O2S. The molecule has 142 valence electrons. The molecule has 0 atom stereocenters. The first-order valence-electron chi connectivity index (χ1n) is 7.69. The molecule has 0 saturated carbocycles. The number of aryl methyl sites for hydroxylation is 2. The fourth-order valence-corrected chi connectivity index (χ4v) is 3.68. The Hall–Kier alpha value is -2.39. The van der Waals surface area contributed by atoms with Crippen LogP contribution in [0.4, 0.5) is 18.9 Å². The summed E-state index contributed by atoms with van der Waals surface area (Å²) in [6, 6.07) is 2.62. The van der Waals surface area contributed by atoms with Gasteiger partial charge in [-0.15, -0.1) is 11.3 Å². The quantitative estimate of drug-likeness (QED) is 0.690. The number of amides is 1. The highest BCUT2D eigenvalue weighted by Gasteiger charge is 2.31. The number of hydrogen-bond donors (Lipinski definition) is 1. The predicted molar refractivity (Wildman–Crippen MR) is 98.4 cm³/mol. The largest absolute Gasteiger partial charge is 0.416 e. The molecule has 1 aromatic carbocycles. The van der Waals surface area contributed by atoms with Crippen LogP contribution < -0.4 is 10.9 Å². The summed E-state index contributed by atoms with van der Waals surface area (Å²) in [6.45, 7) is 3.26. The van der Waals surface area contributed by atoms with Crippen LogP contribution in [-0.2, 0) is 17.5 Å². The van der Waals surface area contributed by atoms with Crippen molar-refractivity contribution in [3.63, 3.8) is 0 Å². The molecule has 0 aliphatic heterocycles. The Morgan fingerprint density at radius 3 is 2.70 bits per heavy atom. The van der Waals surface area contributed by atoms with Crippen molar-refractivity contribution in [3.05, 3.63) is 55.9 Å². The van der Waals surface area contributed by atoms with Gasteiger partial charge in [0.1, 0.15) is 11.4 Å². The number of aromatic nitrogens is 2. The highest BCUT2D eigenvalue weighted by Crippen LogP contribution is 2.33. The molecule has 2 heterocycles. The van der Waals surface area contributed by atoms with Crippen molar-refractivity contribution in [3.8, 4) is 0 Å². The van der Waals surface area contributed by atoms with Crippen LogP contribution in [0.25, 0.3) is 10.2 Å². The number of hydrogen-bond acceptors (Lipinski definition) is 4. The first-order valence-corrected chi connectivity index (χ1v) is 8.89. The van der Waals surface area contributed by atoms with Gasteiger partial charge in [0.25, 0.3) is 5.56 Å². The number of halogens is 4. The fourth-order valence-electron chi connectivity index (χ4n) is 2.52. The molecule has 27 heavy (non-hydrogen) atoms. The predicted octanol–water partition coefficient (Wildman–Crippen LogP) is 4.39. The van der Waals surface area contributed by atoms with Gasteiger partial charge in [-0.2, -0.15) is 13.2 Å². The van der Waals surface area contributed by atoms with Gasteiger partial charge in [0, 0.05) is 4.88 Å². The monoisotopic (exact) mass is 415 g/mol. The lowest BCUT2D eigenvalue weighted by atomic mass is 10.2. The van der Waals surface area contributed by atoms with Crippen LogP contribution in [0.2, 0.25) is 5.02 Å². The Balaban J connectivity index is 1.87. The van der Waals surface area contributed by atoms with Gasteiger partial charge in [0.15, 0.2) is 0 Å². The minimum atomic E-state index is -4.57. The maximum atomic E-state index is 12.8. The van der Waals surface area contributed by atoms with E-state index in [4.69, 9.17) is 11.6 Å². The zero-order chi connectivity index (χ0) is 19.9. The van der Waals surface area contributed by atoms with Crippen LogP contribution in [0.3, 0.4) is 0 Å². The lowest BCUT2D eigenvalue weighted by molar-refractivity contribution is -0.137. The Kier molecular flexibility index (Phi) is 5.00. The van der Waals surface area contributed by atoms with Gasteiger partial charge in [-0.1, -0.05) is 11.6 Å². The number of nitrogens with one attached hydrogen (secondary N) is 1. The van der Waals surface area contributed by atoms with Gasteiger partial charge in [-0.3, -0.25) is 14.2 Å². The van der Waals surface area contributed by atoms with E-state index in [1.165, 1.54) is 17.7 Å². The van der Waals surface area contributed by atoms with Crippen molar-refractivity contribution in [2.75, 3.05) is 5.32 Å². The Morgan fingerprint density at radius 2 is 2.04 bits per heavy atom. The molecule has 0 aliphatic carbocycles. The lowest BCUT2D eigenvalue weighted by Crippen LogP contribution is -2.28. The molecule has 2 aromatic heterocycles. The molecule has 0 bridgehead atoms. The number of carbonyl (C=O) groups excluding carboxylic acids is 1. The second-order valence-electron chi connectivity index (χ2n) is 5.88. The molecule has 3 rings (SSSR count). The smallest absolute Gasteiger partial charge is 0.323 e. The van der Waals surface area contributed by atoms with Gasteiger partial charge in [-0.25, -0.2) is 4.98 Å². The highest BCUT2D eigenvalue weighted by atomic mass is 35.5. The second kappa shape index (κ2) is 6.97. The van der Waals surface area contributed by atoms with Crippen molar-refractivity contribution >= 4 is 44.7 Å². The van der Waals surface area contributed by atoms with E-state index in [2.05, 4.69) is 10.3 Å². The lowest BCUT2D eigenvalue weighted by Gasteiger charge is -2.12. The van der Waals surface area contributed by atoms with E-state index in [-0.39, 0.29) is 16.3 Å². The van der Waals surface area contributed by atoms with E-state index < -0.39 is 24.2 Å². The molecule has 0 radical (unpaired) electrons. The molecule has 3 aromatic rings. The summed E-state index contributed by atoms with van der Waals surface area (Å²) >= 11 is 7.24. The van der Waals surface area contributed by atoms with E-state index in [9.17, 15) is 22.8 Å². The summed E-state index contributed by atoms with van der Waals surface area (Å²) in [6.07, 6.45) is -3.32. The minimum Gasteiger partial charge on any atom is -0.323 e. The number of anilines is 1. The summed E-state index contributed by atoms with van der Waals surface area (Å²) in [7, 11) is 0. The third-order valence-corrected chi connectivity index (χ3v) is 5.48. The van der Waals surface area contributed by atoms with Gasteiger partial charge in [-0.05, 0) is 37.6 Å². The maximum absolute atomic E-state index is 12.8. The number of carbonyl (C=O) groups is 1. The van der Waals surface area contributed by atoms with E-state index in [1.54, 1.807) is 6.92 Å². The average Bonchev–Trinajstić information content (AvgIpc) is 2.86. The van der Waals surface area contributed by atoms with Crippen molar-refractivity contribution in [2.24, 2.45) is 0 Å². The van der Waals surface area contributed by atoms with Crippen molar-refractivity contribution in [2.45, 2.75) is 26.6 Å². The number of fused-ring (bicyclic) bond motifs is 1. The molecule has 5 nitrogen and oxygen atoms in total. The third kappa shape index (κ3) is 3.84. The number of alkyl halides is 3. The van der Waals surface area contributed by atoms with Crippen molar-refractivity contribution in [1.82, 2.24) is 9.55 Å². The summed E-state index contributed by atoms with van der Waals surface area (Å²) < 4.78 is 39.6. The standard InChI is InChI=1S/C17H13ClF3N3O2S/c1-8-9(2)27-15-14(8)16(26)24(7-22-15)6-13(25)23-12-5-10(17(19,20)21)3-4-11(12)18/h3-5,7H,6H2,1-2H3,(H,23,25). The zero-order valence-corrected chi connectivity index (χ0v) is 15.7. The molecule has 0 aliphatic rings. The van der Waals surface area contributed by atoms with Gasteiger partial charge < -0.3 is 5.32 Å². The molecule has 10 heteroatoms. The van der Waals surface area contributed by atoms with Gasteiger partial charge in [0.05, 0.1) is 28.0 Å². The summed E-state index contributed by atoms with van der Waals surface area (Å²) in [5.74, 6) is -0.691. The number of nitrogens with zero attached hydrogens (tertiary/aromatic N) is 2. The molecule has 1 N–H and O–H groups in total.